The Kier molecular flexibility index (Phi) is 2.30. The second-order valence-electron chi connectivity index (χ2n) is 2.23. The molecule has 0 saturated carbocycles. The number of aryl methyl sites for hydroxylation is 1. The topological polar surface area (TPSA) is 79.5 Å². The first-order valence-electron chi connectivity index (χ1n) is 3.03. The fraction of sp³-hybridized carbons (Fsp3) is 0.167. The summed E-state index contributed by atoms with van der Waals surface area (Å²) in [5.74, 6) is -1.12. The zero-order chi connectivity index (χ0) is 9.30. The van der Waals surface area contributed by atoms with E-state index in [0.29, 0.717) is 0 Å². The molecule has 0 amide bonds. The molecule has 1 aromatic rings. The van der Waals surface area contributed by atoms with E-state index in [9.17, 15) is 9.00 Å². The Labute approximate surface area is 70.9 Å². The minimum atomic E-state index is -2.12. The molecule has 1 aromatic heterocycles. The van der Waals surface area contributed by atoms with Crippen LogP contribution in [0.5, 0.6) is 0 Å². The highest BCUT2D eigenvalue weighted by Gasteiger charge is 2.12. The van der Waals surface area contributed by atoms with Crippen molar-refractivity contribution in [2.45, 2.75) is 4.90 Å². The Morgan fingerprint density at radius 1 is 1.67 bits per heavy atom. The van der Waals surface area contributed by atoms with Crippen molar-refractivity contribution >= 4 is 17.0 Å². The monoisotopic (exact) mass is 189 g/mol. The van der Waals surface area contributed by atoms with Crippen molar-refractivity contribution in [2.24, 2.45) is 7.05 Å². The first-order valence-corrected chi connectivity index (χ1v) is 4.13. The quantitative estimate of drug-likeness (QED) is 0.656. The second-order valence-corrected chi connectivity index (χ2v) is 3.20. The summed E-state index contributed by atoms with van der Waals surface area (Å²) in [4.78, 5) is 10.5. The summed E-state index contributed by atoms with van der Waals surface area (Å²) in [5.41, 5.74) is -0.00704. The van der Waals surface area contributed by atoms with E-state index in [1.165, 1.54) is 23.9 Å². The maximum Gasteiger partial charge on any atom is 0.352 e. The summed E-state index contributed by atoms with van der Waals surface area (Å²) in [6.07, 6.45) is 1.31. The molecular formula is C6H7NO4S. The van der Waals surface area contributed by atoms with E-state index < -0.39 is 17.0 Å². The van der Waals surface area contributed by atoms with E-state index >= 15 is 0 Å². The van der Waals surface area contributed by atoms with E-state index in [2.05, 4.69) is 0 Å². The number of carboxylic acid groups (broad SMARTS) is 1. The third kappa shape index (κ3) is 1.54. The Bertz CT molecular complexity index is 343. The standard InChI is InChI=1S/C6H7NO4S/c1-7-3-4(12(10)11)2-5(7)6(8)9/h2-3H,1H3,(H,8,9)(H,10,11). The van der Waals surface area contributed by atoms with Gasteiger partial charge in [-0.3, -0.25) is 0 Å². The van der Waals surface area contributed by atoms with Crippen LogP contribution in [0.25, 0.3) is 0 Å². The van der Waals surface area contributed by atoms with E-state index in [-0.39, 0.29) is 10.6 Å². The number of hydrogen-bond acceptors (Lipinski definition) is 2. The molecule has 2 N–H and O–H groups in total. The predicted molar refractivity (Wildman–Crippen MR) is 41.4 cm³/mol. The molecule has 0 aliphatic carbocycles. The van der Waals surface area contributed by atoms with Gasteiger partial charge in [0.05, 0.1) is 4.90 Å². The largest absolute Gasteiger partial charge is 0.477 e. The maximum atomic E-state index is 10.5. The molecular weight excluding hydrogens is 182 g/mol. The molecule has 1 rings (SSSR count). The van der Waals surface area contributed by atoms with Gasteiger partial charge in [0.2, 0.25) is 0 Å². The van der Waals surface area contributed by atoms with Gasteiger partial charge in [-0.1, -0.05) is 0 Å². The van der Waals surface area contributed by atoms with Gasteiger partial charge < -0.3 is 14.2 Å². The van der Waals surface area contributed by atoms with Gasteiger partial charge in [0.1, 0.15) is 5.69 Å². The number of aromatic carboxylic acids is 1. The Morgan fingerprint density at radius 3 is 2.50 bits per heavy atom. The highest BCUT2D eigenvalue weighted by Crippen LogP contribution is 2.09. The van der Waals surface area contributed by atoms with Crippen LogP contribution >= 0.6 is 0 Å². The molecule has 1 heterocycles. The summed E-state index contributed by atoms with van der Waals surface area (Å²) >= 11 is -2.12. The molecule has 0 fully saturated rings. The maximum absolute atomic E-state index is 10.5. The molecule has 0 aromatic carbocycles. The van der Waals surface area contributed by atoms with Gasteiger partial charge in [0.15, 0.2) is 11.1 Å². The van der Waals surface area contributed by atoms with E-state index in [0.717, 1.165) is 0 Å². The molecule has 0 saturated heterocycles. The molecule has 6 heteroatoms. The summed E-state index contributed by atoms with van der Waals surface area (Å²) in [6, 6.07) is 1.17. The average Bonchev–Trinajstić information content (AvgIpc) is 2.30. The first-order chi connectivity index (χ1) is 5.52. The molecule has 5 nitrogen and oxygen atoms in total. The van der Waals surface area contributed by atoms with Gasteiger partial charge in [-0.2, -0.15) is 0 Å². The Balaban J connectivity index is 3.17. The highest BCUT2D eigenvalue weighted by atomic mass is 32.2. The van der Waals surface area contributed by atoms with Crippen molar-refractivity contribution in [1.82, 2.24) is 4.57 Å². The molecule has 1 unspecified atom stereocenters. The lowest BCUT2D eigenvalue weighted by Crippen LogP contribution is -2.02. The van der Waals surface area contributed by atoms with Crippen LogP contribution in [0.1, 0.15) is 10.5 Å². The van der Waals surface area contributed by atoms with Gasteiger partial charge in [-0.05, 0) is 6.07 Å². The lowest BCUT2D eigenvalue weighted by Gasteiger charge is -1.92. The fourth-order valence-corrected chi connectivity index (χ4v) is 1.30. The average molecular weight is 189 g/mol. The third-order valence-electron chi connectivity index (χ3n) is 1.40. The van der Waals surface area contributed by atoms with Crippen molar-refractivity contribution in [2.75, 3.05) is 0 Å². The summed E-state index contributed by atoms with van der Waals surface area (Å²) in [6.45, 7) is 0. The number of carboxylic acids is 1. The van der Waals surface area contributed by atoms with Crippen LogP contribution < -0.4 is 0 Å². The van der Waals surface area contributed by atoms with Crippen LogP contribution in [-0.2, 0) is 18.1 Å². The minimum Gasteiger partial charge on any atom is -0.477 e. The molecule has 66 valence electrons. The number of nitrogens with zero attached hydrogens (tertiary/aromatic N) is 1. The summed E-state index contributed by atoms with van der Waals surface area (Å²) < 4.78 is 20.4. The Hall–Kier alpha value is -1.14. The zero-order valence-corrected chi connectivity index (χ0v) is 7.04. The van der Waals surface area contributed by atoms with Crippen LogP contribution in [0, 0.1) is 0 Å². The SMILES string of the molecule is Cn1cc(S(=O)O)cc1C(=O)O. The summed E-state index contributed by atoms with van der Waals surface area (Å²) in [7, 11) is 1.50. The molecule has 0 bridgehead atoms. The number of hydrogen-bond donors (Lipinski definition) is 2. The van der Waals surface area contributed by atoms with Gasteiger partial charge >= 0.3 is 5.97 Å². The normalized spacial score (nSPS) is 12.8. The lowest BCUT2D eigenvalue weighted by molar-refractivity contribution is 0.0686. The number of rotatable bonds is 2. The first kappa shape index (κ1) is 8.95. The predicted octanol–water partition coefficient (Wildman–Crippen LogP) is 0.304. The van der Waals surface area contributed by atoms with Crippen molar-refractivity contribution in [3.05, 3.63) is 18.0 Å². The van der Waals surface area contributed by atoms with Crippen molar-refractivity contribution in [3.8, 4) is 0 Å². The minimum absolute atomic E-state index is 0.00704. The van der Waals surface area contributed by atoms with Crippen molar-refractivity contribution in [1.29, 1.82) is 0 Å². The molecule has 0 spiro atoms. The molecule has 0 aliphatic heterocycles. The summed E-state index contributed by atoms with van der Waals surface area (Å²) in [5, 5.41) is 8.56. The van der Waals surface area contributed by atoms with Gasteiger partial charge in [0, 0.05) is 13.2 Å². The van der Waals surface area contributed by atoms with Crippen LogP contribution in [0.3, 0.4) is 0 Å². The van der Waals surface area contributed by atoms with Gasteiger partial charge in [0.25, 0.3) is 0 Å². The number of carbonyl (C=O) groups is 1. The van der Waals surface area contributed by atoms with Crippen molar-refractivity contribution < 1.29 is 18.7 Å². The number of aromatic nitrogens is 1. The fourth-order valence-electron chi connectivity index (χ4n) is 0.842. The van der Waals surface area contributed by atoms with E-state index in [1.807, 2.05) is 0 Å². The van der Waals surface area contributed by atoms with E-state index in [1.54, 1.807) is 0 Å². The lowest BCUT2D eigenvalue weighted by atomic mass is 10.4. The van der Waals surface area contributed by atoms with Crippen LogP contribution in [0.4, 0.5) is 0 Å². The van der Waals surface area contributed by atoms with Crippen molar-refractivity contribution in [3.63, 3.8) is 0 Å². The van der Waals surface area contributed by atoms with E-state index in [4.69, 9.17) is 9.66 Å². The zero-order valence-electron chi connectivity index (χ0n) is 6.22. The molecule has 0 aliphatic rings. The Morgan fingerprint density at radius 2 is 2.25 bits per heavy atom. The third-order valence-corrected chi connectivity index (χ3v) is 2.03. The smallest absolute Gasteiger partial charge is 0.352 e. The van der Waals surface area contributed by atoms with Gasteiger partial charge in [-0.15, -0.1) is 0 Å². The van der Waals surface area contributed by atoms with Crippen LogP contribution in [0.15, 0.2) is 17.2 Å². The second kappa shape index (κ2) is 3.08. The van der Waals surface area contributed by atoms with Gasteiger partial charge in [-0.25, -0.2) is 9.00 Å². The molecule has 0 radical (unpaired) electrons. The molecule has 12 heavy (non-hydrogen) atoms. The van der Waals surface area contributed by atoms with Crippen LogP contribution in [0.2, 0.25) is 0 Å². The highest BCUT2D eigenvalue weighted by molar-refractivity contribution is 7.79. The molecule has 1 atom stereocenters. The van der Waals surface area contributed by atoms with Crippen LogP contribution in [-0.4, -0.2) is 24.4 Å².